The Bertz CT molecular complexity index is 816. The van der Waals surface area contributed by atoms with Gasteiger partial charge in [0.15, 0.2) is 5.52 Å². The van der Waals surface area contributed by atoms with Gasteiger partial charge in [-0.2, -0.15) is 0 Å². The minimum absolute atomic E-state index is 0.0405. The molecule has 0 amide bonds. The smallest absolute Gasteiger partial charge is 0.297 e. The summed E-state index contributed by atoms with van der Waals surface area (Å²) in [5, 5.41) is 11.0. The molecule has 0 bridgehead atoms. The van der Waals surface area contributed by atoms with Gasteiger partial charge in [-0.3, -0.25) is 10.1 Å². The summed E-state index contributed by atoms with van der Waals surface area (Å²) in [5.41, 5.74) is 2.28. The third-order valence-electron chi connectivity index (χ3n) is 3.13. The number of ether oxygens (including phenoxy) is 1. The number of nitro benzene ring substituents is 1. The third kappa shape index (κ3) is 2.38. The van der Waals surface area contributed by atoms with Crippen LogP contribution in [-0.4, -0.2) is 22.0 Å². The summed E-state index contributed by atoms with van der Waals surface area (Å²) in [6.07, 6.45) is 1.54. The summed E-state index contributed by atoms with van der Waals surface area (Å²) in [6, 6.07) is 12.1. The van der Waals surface area contributed by atoms with Crippen LogP contribution in [0.15, 0.2) is 48.7 Å². The van der Waals surface area contributed by atoms with Crippen LogP contribution < -0.4 is 4.74 Å². The van der Waals surface area contributed by atoms with Crippen molar-refractivity contribution in [2.75, 3.05) is 7.11 Å². The van der Waals surface area contributed by atoms with Crippen LogP contribution in [0, 0.1) is 10.1 Å². The van der Waals surface area contributed by atoms with Gasteiger partial charge < -0.3 is 4.74 Å². The predicted molar refractivity (Wildman–Crippen MR) is 78.2 cm³/mol. The lowest BCUT2D eigenvalue weighted by Crippen LogP contribution is -1.94. The number of non-ortho nitro benzene ring substituents is 1. The molecule has 0 N–H and O–H groups in total. The molecule has 0 aliphatic heterocycles. The van der Waals surface area contributed by atoms with Gasteiger partial charge in [0.05, 0.1) is 29.4 Å². The van der Waals surface area contributed by atoms with Gasteiger partial charge in [0.1, 0.15) is 5.75 Å². The first-order valence-corrected chi connectivity index (χ1v) is 6.23. The van der Waals surface area contributed by atoms with E-state index in [1.54, 1.807) is 19.2 Å². The molecule has 1 aromatic heterocycles. The highest BCUT2D eigenvalue weighted by molar-refractivity contribution is 5.85. The van der Waals surface area contributed by atoms with Gasteiger partial charge in [-0.05, 0) is 30.3 Å². The Hall–Kier alpha value is -3.02. The first-order chi connectivity index (χ1) is 10.2. The Morgan fingerprint density at radius 3 is 2.57 bits per heavy atom. The Morgan fingerprint density at radius 1 is 1.14 bits per heavy atom. The van der Waals surface area contributed by atoms with Crippen molar-refractivity contribution >= 4 is 16.7 Å². The fourth-order valence-corrected chi connectivity index (χ4v) is 2.07. The van der Waals surface area contributed by atoms with E-state index in [0.717, 1.165) is 11.3 Å². The number of rotatable bonds is 3. The van der Waals surface area contributed by atoms with Crippen LogP contribution in [0.3, 0.4) is 0 Å². The average molecular weight is 281 g/mol. The van der Waals surface area contributed by atoms with Gasteiger partial charge in [-0.1, -0.05) is 6.07 Å². The lowest BCUT2D eigenvalue weighted by atomic mass is 10.1. The van der Waals surface area contributed by atoms with Gasteiger partial charge in [0, 0.05) is 11.6 Å². The maximum atomic E-state index is 11.0. The van der Waals surface area contributed by atoms with Crippen molar-refractivity contribution in [1.82, 2.24) is 9.97 Å². The average Bonchev–Trinajstić information content (AvgIpc) is 2.53. The van der Waals surface area contributed by atoms with E-state index < -0.39 is 4.92 Å². The molecule has 1 heterocycles. The van der Waals surface area contributed by atoms with E-state index in [1.165, 1.54) is 12.3 Å². The second-order valence-corrected chi connectivity index (χ2v) is 4.39. The first-order valence-electron chi connectivity index (χ1n) is 6.23. The molecular formula is C15H11N3O3. The maximum Gasteiger partial charge on any atom is 0.297 e. The number of nitro groups is 1. The van der Waals surface area contributed by atoms with Crippen molar-refractivity contribution in [1.29, 1.82) is 0 Å². The van der Waals surface area contributed by atoms with Crippen molar-refractivity contribution in [3.8, 4) is 17.0 Å². The number of para-hydroxylation sites is 1. The summed E-state index contributed by atoms with van der Waals surface area (Å²) in [6.45, 7) is 0. The van der Waals surface area contributed by atoms with Crippen LogP contribution in [0.4, 0.5) is 5.69 Å². The number of hydrogen-bond acceptors (Lipinski definition) is 5. The summed E-state index contributed by atoms with van der Waals surface area (Å²) in [7, 11) is 1.60. The molecule has 2 aromatic carbocycles. The maximum absolute atomic E-state index is 11.0. The van der Waals surface area contributed by atoms with E-state index in [2.05, 4.69) is 9.97 Å². The highest BCUT2D eigenvalue weighted by atomic mass is 16.6. The van der Waals surface area contributed by atoms with Crippen LogP contribution in [0.1, 0.15) is 0 Å². The van der Waals surface area contributed by atoms with Crippen LogP contribution in [-0.2, 0) is 0 Å². The van der Waals surface area contributed by atoms with E-state index in [1.807, 2.05) is 24.3 Å². The zero-order valence-electron chi connectivity index (χ0n) is 11.2. The molecule has 0 spiro atoms. The predicted octanol–water partition coefficient (Wildman–Crippen LogP) is 3.21. The summed E-state index contributed by atoms with van der Waals surface area (Å²) >= 11 is 0. The van der Waals surface area contributed by atoms with Crippen LogP contribution >= 0.6 is 0 Å². The molecule has 0 saturated carbocycles. The van der Waals surface area contributed by atoms with Crippen LogP contribution in [0.2, 0.25) is 0 Å². The van der Waals surface area contributed by atoms with Crippen LogP contribution in [0.25, 0.3) is 22.3 Å². The summed E-state index contributed by atoms with van der Waals surface area (Å²) in [5.74, 6) is 0.753. The standard InChI is InChI=1S/C15H11N3O3/c1-21-11-7-5-10(6-8-11)13-9-16-15-12(17-13)3-2-4-14(15)18(19)20/h2-9H,1H3. The molecule has 0 saturated heterocycles. The normalized spacial score (nSPS) is 10.5. The quantitative estimate of drug-likeness (QED) is 0.544. The van der Waals surface area contributed by atoms with Gasteiger partial charge in [0.2, 0.25) is 0 Å². The fraction of sp³-hybridized carbons (Fsp3) is 0.0667. The molecule has 21 heavy (non-hydrogen) atoms. The molecule has 3 rings (SSSR count). The van der Waals surface area contributed by atoms with E-state index in [-0.39, 0.29) is 5.69 Å². The van der Waals surface area contributed by atoms with Crippen molar-refractivity contribution in [3.63, 3.8) is 0 Å². The van der Waals surface area contributed by atoms with Gasteiger partial charge >= 0.3 is 0 Å². The zero-order chi connectivity index (χ0) is 14.8. The number of benzene rings is 2. The topological polar surface area (TPSA) is 78.2 Å². The molecule has 0 aliphatic rings. The molecule has 104 valence electrons. The number of fused-ring (bicyclic) bond motifs is 1. The molecule has 6 heteroatoms. The molecule has 0 atom stereocenters. The monoisotopic (exact) mass is 281 g/mol. The number of methoxy groups -OCH3 is 1. The number of nitrogens with zero attached hydrogens (tertiary/aromatic N) is 3. The van der Waals surface area contributed by atoms with E-state index >= 15 is 0 Å². The SMILES string of the molecule is COc1ccc(-c2cnc3c([N+](=O)[O-])cccc3n2)cc1. The second-order valence-electron chi connectivity index (χ2n) is 4.39. The molecule has 6 nitrogen and oxygen atoms in total. The third-order valence-corrected chi connectivity index (χ3v) is 3.13. The lowest BCUT2D eigenvalue weighted by Gasteiger charge is -2.04. The lowest BCUT2D eigenvalue weighted by molar-refractivity contribution is -0.383. The Kier molecular flexibility index (Phi) is 3.19. The van der Waals surface area contributed by atoms with E-state index in [4.69, 9.17) is 4.74 Å². The highest BCUT2D eigenvalue weighted by Crippen LogP contribution is 2.25. The van der Waals surface area contributed by atoms with Crippen LogP contribution in [0.5, 0.6) is 5.75 Å². The van der Waals surface area contributed by atoms with Crippen molar-refractivity contribution in [3.05, 3.63) is 58.8 Å². The largest absolute Gasteiger partial charge is 0.497 e. The summed E-state index contributed by atoms with van der Waals surface area (Å²) in [4.78, 5) is 19.1. The second kappa shape index (κ2) is 5.16. The Balaban J connectivity index is 2.10. The number of hydrogen-bond donors (Lipinski definition) is 0. The molecule has 0 aliphatic carbocycles. The van der Waals surface area contributed by atoms with Crippen molar-refractivity contribution < 1.29 is 9.66 Å². The molecule has 0 radical (unpaired) electrons. The summed E-state index contributed by atoms with van der Waals surface area (Å²) < 4.78 is 5.11. The van der Waals surface area contributed by atoms with E-state index in [0.29, 0.717) is 16.7 Å². The zero-order valence-corrected chi connectivity index (χ0v) is 11.2. The Labute approximate surface area is 120 Å². The van der Waals surface area contributed by atoms with Gasteiger partial charge in [-0.15, -0.1) is 0 Å². The minimum Gasteiger partial charge on any atom is -0.497 e. The molecule has 0 fully saturated rings. The Morgan fingerprint density at radius 2 is 1.90 bits per heavy atom. The van der Waals surface area contributed by atoms with E-state index in [9.17, 15) is 10.1 Å². The fourth-order valence-electron chi connectivity index (χ4n) is 2.07. The van der Waals surface area contributed by atoms with Crippen molar-refractivity contribution in [2.24, 2.45) is 0 Å². The molecule has 0 unspecified atom stereocenters. The highest BCUT2D eigenvalue weighted by Gasteiger charge is 2.14. The number of aromatic nitrogens is 2. The first kappa shape index (κ1) is 13.0. The van der Waals surface area contributed by atoms with Gasteiger partial charge in [0.25, 0.3) is 5.69 Å². The molecule has 3 aromatic rings. The van der Waals surface area contributed by atoms with Gasteiger partial charge in [-0.25, -0.2) is 9.97 Å². The van der Waals surface area contributed by atoms with Crippen molar-refractivity contribution in [2.45, 2.75) is 0 Å². The minimum atomic E-state index is -0.454. The molecular weight excluding hydrogens is 270 g/mol.